The highest BCUT2D eigenvalue weighted by atomic mass is 16.2. The lowest BCUT2D eigenvalue weighted by Gasteiger charge is -2.44. The summed E-state index contributed by atoms with van der Waals surface area (Å²) >= 11 is 0. The normalized spacial score (nSPS) is 36.9. The van der Waals surface area contributed by atoms with Crippen molar-refractivity contribution in [2.75, 3.05) is 13.1 Å². The number of rotatable bonds is 3. The predicted octanol–water partition coefficient (Wildman–Crippen LogP) is 2.56. The molecular formula is C15H28N2O. The molecule has 0 aromatic rings. The van der Waals surface area contributed by atoms with Crippen LogP contribution in [-0.2, 0) is 4.79 Å². The summed E-state index contributed by atoms with van der Waals surface area (Å²) in [5.41, 5.74) is -0.103. The van der Waals surface area contributed by atoms with Gasteiger partial charge in [0, 0.05) is 18.6 Å². The van der Waals surface area contributed by atoms with Crippen LogP contribution in [0.15, 0.2) is 0 Å². The van der Waals surface area contributed by atoms with Crippen LogP contribution >= 0.6 is 0 Å². The second kappa shape index (κ2) is 5.60. The minimum atomic E-state index is -0.103. The molecule has 0 aliphatic carbocycles. The molecule has 1 amide bonds. The molecule has 0 spiro atoms. The quantitative estimate of drug-likeness (QED) is 0.837. The standard InChI is InChI=1S/C15H28N2O/c1-4-8-15(9-10-16-11-15)14(18)17-12(2)6-5-7-13(17)3/h12-13,16H,4-11H2,1-3H3. The molecule has 2 heterocycles. The number of carbonyl (C=O) groups is 1. The van der Waals surface area contributed by atoms with E-state index in [4.69, 9.17) is 0 Å². The molecule has 18 heavy (non-hydrogen) atoms. The van der Waals surface area contributed by atoms with Crippen LogP contribution < -0.4 is 5.32 Å². The summed E-state index contributed by atoms with van der Waals surface area (Å²) in [6.45, 7) is 8.51. The van der Waals surface area contributed by atoms with Gasteiger partial charge >= 0.3 is 0 Å². The van der Waals surface area contributed by atoms with Crippen LogP contribution in [0.5, 0.6) is 0 Å². The molecule has 0 saturated carbocycles. The van der Waals surface area contributed by atoms with E-state index < -0.39 is 0 Å². The molecular weight excluding hydrogens is 224 g/mol. The van der Waals surface area contributed by atoms with Gasteiger partial charge in [0.25, 0.3) is 0 Å². The molecule has 2 aliphatic rings. The average molecular weight is 252 g/mol. The molecule has 2 fully saturated rings. The maximum absolute atomic E-state index is 13.0. The molecule has 2 rings (SSSR count). The van der Waals surface area contributed by atoms with Gasteiger partial charge in [-0.15, -0.1) is 0 Å². The van der Waals surface area contributed by atoms with Crippen molar-refractivity contribution in [2.45, 2.75) is 71.4 Å². The van der Waals surface area contributed by atoms with Crippen molar-refractivity contribution in [1.82, 2.24) is 10.2 Å². The highest BCUT2D eigenvalue weighted by Gasteiger charge is 2.45. The molecule has 3 nitrogen and oxygen atoms in total. The van der Waals surface area contributed by atoms with E-state index in [-0.39, 0.29) is 5.41 Å². The van der Waals surface area contributed by atoms with E-state index >= 15 is 0 Å². The molecule has 104 valence electrons. The summed E-state index contributed by atoms with van der Waals surface area (Å²) in [6, 6.07) is 0.853. The third-order valence-electron chi connectivity index (χ3n) is 4.85. The van der Waals surface area contributed by atoms with Gasteiger partial charge in [-0.2, -0.15) is 0 Å². The minimum Gasteiger partial charge on any atom is -0.337 e. The number of nitrogens with zero attached hydrogens (tertiary/aromatic N) is 1. The van der Waals surface area contributed by atoms with Gasteiger partial charge in [0.2, 0.25) is 5.91 Å². The number of piperidine rings is 1. The number of nitrogens with one attached hydrogen (secondary N) is 1. The molecule has 0 bridgehead atoms. The van der Waals surface area contributed by atoms with Gasteiger partial charge < -0.3 is 10.2 Å². The van der Waals surface area contributed by atoms with E-state index in [2.05, 4.69) is 31.0 Å². The van der Waals surface area contributed by atoms with Crippen molar-refractivity contribution >= 4 is 5.91 Å². The Balaban J connectivity index is 2.16. The van der Waals surface area contributed by atoms with Gasteiger partial charge in [0.15, 0.2) is 0 Å². The number of hydrogen-bond acceptors (Lipinski definition) is 2. The van der Waals surface area contributed by atoms with Crippen LogP contribution in [0.1, 0.15) is 59.3 Å². The fourth-order valence-electron chi connectivity index (χ4n) is 3.82. The Hall–Kier alpha value is -0.570. The lowest BCUT2D eigenvalue weighted by Crippen LogP contribution is -2.54. The molecule has 2 saturated heterocycles. The maximum atomic E-state index is 13.0. The number of likely N-dealkylation sites (tertiary alicyclic amines) is 1. The van der Waals surface area contributed by atoms with E-state index in [1.54, 1.807) is 0 Å². The van der Waals surface area contributed by atoms with Crippen LogP contribution in [0.2, 0.25) is 0 Å². The second-order valence-electron chi connectivity index (χ2n) is 6.30. The maximum Gasteiger partial charge on any atom is 0.230 e. The summed E-state index contributed by atoms with van der Waals surface area (Å²) in [4.78, 5) is 15.2. The van der Waals surface area contributed by atoms with E-state index in [1.165, 1.54) is 19.3 Å². The molecule has 3 unspecified atom stereocenters. The lowest BCUT2D eigenvalue weighted by atomic mass is 9.79. The van der Waals surface area contributed by atoms with Gasteiger partial charge in [-0.05, 0) is 52.5 Å². The van der Waals surface area contributed by atoms with Crippen molar-refractivity contribution in [2.24, 2.45) is 5.41 Å². The first-order valence-corrected chi connectivity index (χ1v) is 7.64. The number of amides is 1. The summed E-state index contributed by atoms with van der Waals surface area (Å²) in [6.07, 6.45) is 6.77. The predicted molar refractivity (Wildman–Crippen MR) is 74.4 cm³/mol. The summed E-state index contributed by atoms with van der Waals surface area (Å²) in [5, 5.41) is 3.40. The fraction of sp³-hybridized carbons (Fsp3) is 0.933. The van der Waals surface area contributed by atoms with Gasteiger partial charge in [-0.25, -0.2) is 0 Å². The third-order valence-corrected chi connectivity index (χ3v) is 4.85. The molecule has 0 aromatic heterocycles. The topological polar surface area (TPSA) is 32.3 Å². The van der Waals surface area contributed by atoms with Crippen molar-refractivity contribution in [3.05, 3.63) is 0 Å². The second-order valence-corrected chi connectivity index (χ2v) is 6.30. The summed E-state index contributed by atoms with van der Waals surface area (Å²) < 4.78 is 0. The Bertz CT molecular complexity index is 287. The molecule has 1 N–H and O–H groups in total. The van der Waals surface area contributed by atoms with Crippen LogP contribution in [-0.4, -0.2) is 36.0 Å². The highest BCUT2D eigenvalue weighted by molar-refractivity contribution is 5.84. The fourth-order valence-corrected chi connectivity index (χ4v) is 3.82. The number of carbonyl (C=O) groups excluding carboxylic acids is 1. The SMILES string of the molecule is CCCC1(C(=O)N2C(C)CCCC2C)CCNC1. The Kier molecular flexibility index (Phi) is 4.31. The Morgan fingerprint density at radius 1 is 1.33 bits per heavy atom. The Morgan fingerprint density at radius 2 is 2.00 bits per heavy atom. The smallest absolute Gasteiger partial charge is 0.230 e. The van der Waals surface area contributed by atoms with E-state index in [0.29, 0.717) is 18.0 Å². The molecule has 3 heteroatoms. The van der Waals surface area contributed by atoms with Crippen molar-refractivity contribution in [3.8, 4) is 0 Å². The first-order chi connectivity index (χ1) is 8.60. The third kappa shape index (κ3) is 2.42. The monoisotopic (exact) mass is 252 g/mol. The zero-order valence-electron chi connectivity index (χ0n) is 12.2. The van der Waals surface area contributed by atoms with Crippen LogP contribution in [0.4, 0.5) is 0 Å². The van der Waals surface area contributed by atoms with E-state index in [9.17, 15) is 4.79 Å². The van der Waals surface area contributed by atoms with E-state index in [0.717, 1.165) is 32.4 Å². The van der Waals surface area contributed by atoms with Crippen LogP contribution in [0.25, 0.3) is 0 Å². The van der Waals surface area contributed by atoms with Gasteiger partial charge in [0.1, 0.15) is 0 Å². The molecule has 2 aliphatic heterocycles. The Labute approximate surface area is 111 Å². The first-order valence-electron chi connectivity index (χ1n) is 7.64. The zero-order valence-corrected chi connectivity index (χ0v) is 12.2. The van der Waals surface area contributed by atoms with E-state index in [1.807, 2.05) is 0 Å². The van der Waals surface area contributed by atoms with Crippen LogP contribution in [0.3, 0.4) is 0 Å². The zero-order chi connectivity index (χ0) is 13.2. The number of hydrogen-bond donors (Lipinski definition) is 1. The van der Waals surface area contributed by atoms with Gasteiger partial charge in [-0.1, -0.05) is 13.3 Å². The minimum absolute atomic E-state index is 0.103. The molecule has 0 radical (unpaired) electrons. The molecule has 3 atom stereocenters. The summed E-state index contributed by atoms with van der Waals surface area (Å²) in [5.74, 6) is 0.425. The average Bonchev–Trinajstić information content (AvgIpc) is 2.79. The van der Waals surface area contributed by atoms with Gasteiger partial charge in [-0.3, -0.25) is 4.79 Å². The Morgan fingerprint density at radius 3 is 2.50 bits per heavy atom. The van der Waals surface area contributed by atoms with Crippen molar-refractivity contribution in [1.29, 1.82) is 0 Å². The summed E-state index contributed by atoms with van der Waals surface area (Å²) in [7, 11) is 0. The van der Waals surface area contributed by atoms with Crippen molar-refractivity contribution in [3.63, 3.8) is 0 Å². The molecule has 0 aromatic carbocycles. The van der Waals surface area contributed by atoms with Crippen LogP contribution in [0, 0.1) is 5.41 Å². The van der Waals surface area contributed by atoms with Gasteiger partial charge in [0.05, 0.1) is 5.41 Å². The highest BCUT2D eigenvalue weighted by Crippen LogP contribution is 2.36. The lowest BCUT2D eigenvalue weighted by molar-refractivity contribution is -0.148. The van der Waals surface area contributed by atoms with Crippen molar-refractivity contribution < 1.29 is 4.79 Å². The largest absolute Gasteiger partial charge is 0.337 e. The first kappa shape index (κ1) is 13.9.